The van der Waals surface area contributed by atoms with Crippen molar-refractivity contribution in [3.63, 3.8) is 0 Å². The number of amides is 1. The van der Waals surface area contributed by atoms with Crippen molar-refractivity contribution < 1.29 is 14.7 Å². The maximum atomic E-state index is 11.6. The molecular formula is C14H16N4O3. The lowest BCUT2D eigenvalue weighted by Gasteiger charge is -2.18. The molecule has 2 N–H and O–H groups in total. The van der Waals surface area contributed by atoms with Crippen LogP contribution in [0.3, 0.4) is 0 Å². The number of rotatable bonds is 5. The minimum Gasteiger partial charge on any atom is -0.478 e. The second-order valence-corrected chi connectivity index (χ2v) is 4.54. The Kier molecular flexibility index (Phi) is 4.32. The van der Waals surface area contributed by atoms with Gasteiger partial charge in [-0.15, -0.1) is 0 Å². The van der Waals surface area contributed by atoms with Crippen LogP contribution in [0.5, 0.6) is 0 Å². The quantitative estimate of drug-likeness (QED) is 0.848. The summed E-state index contributed by atoms with van der Waals surface area (Å²) in [5.41, 5.74) is 0.696. The van der Waals surface area contributed by atoms with Gasteiger partial charge < -0.3 is 15.3 Å². The molecular weight excluding hydrogens is 272 g/mol. The fourth-order valence-electron chi connectivity index (χ4n) is 2.02. The van der Waals surface area contributed by atoms with Crippen LogP contribution >= 0.6 is 0 Å². The predicted molar refractivity (Wildman–Crippen MR) is 78.5 cm³/mol. The molecule has 2 aromatic rings. The van der Waals surface area contributed by atoms with E-state index in [1.807, 2.05) is 6.92 Å². The largest absolute Gasteiger partial charge is 0.478 e. The Bertz CT molecular complexity index is 687. The number of carboxylic acids is 1. The molecule has 1 amide bonds. The molecule has 0 spiro atoms. The van der Waals surface area contributed by atoms with Gasteiger partial charge in [0.1, 0.15) is 12.1 Å². The average molecular weight is 288 g/mol. The molecule has 7 heteroatoms. The van der Waals surface area contributed by atoms with Crippen molar-refractivity contribution in [2.75, 3.05) is 25.0 Å². The number of nitrogens with one attached hydrogen (secondary N) is 1. The highest BCUT2D eigenvalue weighted by Crippen LogP contribution is 2.22. The Morgan fingerprint density at radius 1 is 1.33 bits per heavy atom. The van der Waals surface area contributed by atoms with Crippen molar-refractivity contribution in [3.05, 3.63) is 30.1 Å². The number of benzene rings is 1. The molecule has 0 saturated carbocycles. The summed E-state index contributed by atoms with van der Waals surface area (Å²) in [5.74, 6) is -0.523. The van der Waals surface area contributed by atoms with Gasteiger partial charge >= 0.3 is 5.97 Å². The van der Waals surface area contributed by atoms with Crippen LogP contribution < -0.4 is 10.2 Å². The van der Waals surface area contributed by atoms with Gasteiger partial charge in [0.15, 0.2) is 0 Å². The molecule has 0 unspecified atom stereocenters. The molecule has 0 aliphatic rings. The molecule has 2 rings (SSSR count). The van der Waals surface area contributed by atoms with Crippen molar-refractivity contribution >= 4 is 28.6 Å². The number of aromatic carboxylic acids is 1. The van der Waals surface area contributed by atoms with Crippen molar-refractivity contribution in [2.24, 2.45) is 0 Å². The van der Waals surface area contributed by atoms with E-state index in [0.717, 1.165) is 0 Å². The SMILES string of the molecule is CCNC(=O)CN(C)c1ncnc2cc(C(=O)O)ccc12. The summed E-state index contributed by atoms with van der Waals surface area (Å²) >= 11 is 0. The number of carbonyl (C=O) groups is 2. The molecule has 1 aromatic carbocycles. The molecule has 1 aromatic heterocycles. The zero-order valence-corrected chi connectivity index (χ0v) is 11.8. The van der Waals surface area contributed by atoms with Crippen LogP contribution in [0.4, 0.5) is 5.82 Å². The summed E-state index contributed by atoms with van der Waals surface area (Å²) < 4.78 is 0. The van der Waals surface area contributed by atoms with E-state index in [1.165, 1.54) is 18.5 Å². The smallest absolute Gasteiger partial charge is 0.335 e. The third kappa shape index (κ3) is 3.25. The first-order valence-corrected chi connectivity index (χ1v) is 6.48. The van der Waals surface area contributed by atoms with E-state index in [0.29, 0.717) is 23.3 Å². The number of anilines is 1. The van der Waals surface area contributed by atoms with Gasteiger partial charge in [-0.25, -0.2) is 14.8 Å². The number of likely N-dealkylation sites (N-methyl/N-ethyl adjacent to an activating group) is 2. The van der Waals surface area contributed by atoms with Gasteiger partial charge in [-0.3, -0.25) is 4.79 Å². The molecule has 7 nitrogen and oxygen atoms in total. The lowest BCUT2D eigenvalue weighted by molar-refractivity contribution is -0.119. The van der Waals surface area contributed by atoms with Crippen molar-refractivity contribution in [1.29, 1.82) is 0 Å². The van der Waals surface area contributed by atoms with Gasteiger partial charge in [-0.2, -0.15) is 0 Å². The number of carbonyl (C=O) groups excluding carboxylic acids is 1. The number of carboxylic acid groups (broad SMARTS) is 1. The zero-order chi connectivity index (χ0) is 15.4. The number of hydrogen-bond acceptors (Lipinski definition) is 5. The summed E-state index contributed by atoms with van der Waals surface area (Å²) in [7, 11) is 1.75. The van der Waals surface area contributed by atoms with Gasteiger partial charge in [0.05, 0.1) is 17.6 Å². The molecule has 0 atom stereocenters. The molecule has 0 fully saturated rings. The van der Waals surface area contributed by atoms with Crippen LogP contribution in [-0.4, -0.2) is 47.1 Å². The van der Waals surface area contributed by atoms with Crippen LogP contribution in [0.1, 0.15) is 17.3 Å². The molecule has 0 bridgehead atoms. The third-order valence-electron chi connectivity index (χ3n) is 2.98. The van der Waals surface area contributed by atoms with Gasteiger partial charge in [-0.1, -0.05) is 0 Å². The Labute approximate surface area is 121 Å². The van der Waals surface area contributed by atoms with E-state index in [4.69, 9.17) is 5.11 Å². The monoisotopic (exact) mass is 288 g/mol. The number of hydrogen-bond donors (Lipinski definition) is 2. The van der Waals surface area contributed by atoms with E-state index < -0.39 is 5.97 Å². The Balaban J connectivity index is 2.36. The molecule has 110 valence electrons. The Morgan fingerprint density at radius 3 is 2.76 bits per heavy atom. The number of aromatic nitrogens is 2. The summed E-state index contributed by atoms with van der Waals surface area (Å²) in [6.07, 6.45) is 1.36. The van der Waals surface area contributed by atoms with Crippen LogP contribution in [0, 0.1) is 0 Å². The van der Waals surface area contributed by atoms with Crippen LogP contribution in [0.2, 0.25) is 0 Å². The minimum atomic E-state index is -1.01. The number of fused-ring (bicyclic) bond motifs is 1. The van der Waals surface area contributed by atoms with Gasteiger partial charge in [0.2, 0.25) is 5.91 Å². The van der Waals surface area contributed by atoms with Crippen molar-refractivity contribution in [3.8, 4) is 0 Å². The van der Waals surface area contributed by atoms with Crippen molar-refractivity contribution in [1.82, 2.24) is 15.3 Å². The first kappa shape index (κ1) is 14.7. The zero-order valence-electron chi connectivity index (χ0n) is 11.8. The van der Waals surface area contributed by atoms with Crippen molar-refractivity contribution in [2.45, 2.75) is 6.92 Å². The fourth-order valence-corrected chi connectivity index (χ4v) is 2.02. The normalized spacial score (nSPS) is 10.4. The van der Waals surface area contributed by atoms with E-state index in [-0.39, 0.29) is 18.0 Å². The molecule has 0 radical (unpaired) electrons. The molecule has 0 aliphatic heterocycles. The molecule has 1 heterocycles. The van der Waals surface area contributed by atoms with Crippen LogP contribution in [0.15, 0.2) is 24.5 Å². The Morgan fingerprint density at radius 2 is 2.10 bits per heavy atom. The van der Waals surface area contributed by atoms with E-state index in [9.17, 15) is 9.59 Å². The summed E-state index contributed by atoms with van der Waals surface area (Å²) in [4.78, 5) is 32.6. The first-order chi connectivity index (χ1) is 10.0. The number of nitrogens with zero attached hydrogens (tertiary/aromatic N) is 3. The van der Waals surface area contributed by atoms with E-state index in [2.05, 4.69) is 15.3 Å². The summed E-state index contributed by atoms with van der Waals surface area (Å²) in [6, 6.07) is 4.64. The second kappa shape index (κ2) is 6.17. The molecule has 0 aliphatic carbocycles. The van der Waals surface area contributed by atoms with Gasteiger partial charge in [-0.05, 0) is 25.1 Å². The Hall–Kier alpha value is -2.70. The lowest BCUT2D eigenvalue weighted by Crippen LogP contribution is -2.35. The van der Waals surface area contributed by atoms with Crippen LogP contribution in [0.25, 0.3) is 10.9 Å². The maximum absolute atomic E-state index is 11.6. The minimum absolute atomic E-state index is 0.103. The summed E-state index contributed by atoms with van der Waals surface area (Å²) in [6.45, 7) is 2.59. The highest BCUT2D eigenvalue weighted by molar-refractivity contribution is 5.97. The van der Waals surface area contributed by atoms with Gasteiger partial charge in [0, 0.05) is 19.0 Å². The predicted octanol–water partition coefficient (Wildman–Crippen LogP) is 0.900. The first-order valence-electron chi connectivity index (χ1n) is 6.48. The van der Waals surface area contributed by atoms with E-state index in [1.54, 1.807) is 18.0 Å². The molecule has 21 heavy (non-hydrogen) atoms. The fraction of sp³-hybridized carbons (Fsp3) is 0.286. The summed E-state index contributed by atoms with van der Waals surface area (Å²) in [5, 5.41) is 12.4. The highest BCUT2D eigenvalue weighted by Gasteiger charge is 2.13. The molecule has 0 saturated heterocycles. The second-order valence-electron chi connectivity index (χ2n) is 4.54. The highest BCUT2D eigenvalue weighted by atomic mass is 16.4. The third-order valence-corrected chi connectivity index (χ3v) is 2.98. The lowest BCUT2D eigenvalue weighted by atomic mass is 10.1. The topological polar surface area (TPSA) is 95.4 Å². The standard InChI is InChI=1S/C14H16N4O3/c1-3-15-12(19)7-18(2)13-10-5-4-9(14(20)21)6-11(10)16-8-17-13/h4-6,8H,3,7H2,1-2H3,(H,15,19)(H,20,21). The average Bonchev–Trinajstić information content (AvgIpc) is 2.46. The van der Waals surface area contributed by atoms with E-state index >= 15 is 0 Å². The van der Waals surface area contributed by atoms with Gasteiger partial charge in [0.25, 0.3) is 0 Å². The maximum Gasteiger partial charge on any atom is 0.335 e. The van der Waals surface area contributed by atoms with Crippen LogP contribution in [-0.2, 0) is 4.79 Å².